The third-order valence-electron chi connectivity index (χ3n) is 2.68. The van der Waals surface area contributed by atoms with Crippen molar-refractivity contribution in [2.75, 3.05) is 28.2 Å². The summed E-state index contributed by atoms with van der Waals surface area (Å²) in [6.07, 6.45) is 1.42. The smallest absolute Gasteiger partial charge is 0.134 e. The molecule has 0 aromatic carbocycles. The molecule has 21 heavy (non-hydrogen) atoms. The van der Waals surface area contributed by atoms with Crippen molar-refractivity contribution in [1.82, 2.24) is 10.2 Å². The van der Waals surface area contributed by atoms with Crippen LogP contribution in [0.1, 0.15) is 48.0 Å². The summed E-state index contributed by atoms with van der Waals surface area (Å²) in [5, 5.41) is 2.75. The van der Waals surface area contributed by atoms with Gasteiger partial charge in [0.15, 0.2) is 0 Å². The quantitative estimate of drug-likeness (QED) is 0.806. The van der Waals surface area contributed by atoms with E-state index in [1.54, 1.807) is 13.8 Å². The average molecular weight is 304 g/mol. The second kappa shape index (κ2) is 21.2. The molecular formula is C16H36N2O3. The van der Waals surface area contributed by atoms with E-state index in [1.165, 1.54) is 6.92 Å². The minimum atomic E-state index is 0.148. The average Bonchev–Trinajstić information content (AvgIpc) is 2.39. The lowest BCUT2D eigenvalue weighted by Crippen LogP contribution is -2.34. The highest BCUT2D eigenvalue weighted by Crippen LogP contribution is 2.07. The van der Waals surface area contributed by atoms with Crippen molar-refractivity contribution in [2.45, 2.75) is 54.0 Å². The van der Waals surface area contributed by atoms with Crippen LogP contribution in [-0.4, -0.2) is 57.0 Å². The Kier molecular flexibility index (Phi) is 28.5. The lowest BCUT2D eigenvalue weighted by atomic mass is 9.99. The number of nitrogens with zero attached hydrogens (tertiary/aromatic N) is 1. The molecular weight excluding hydrogens is 268 g/mol. The minimum Gasteiger partial charge on any atom is -0.323 e. The van der Waals surface area contributed by atoms with Gasteiger partial charge in [-0.05, 0) is 55.9 Å². The van der Waals surface area contributed by atoms with E-state index >= 15 is 0 Å². The van der Waals surface area contributed by atoms with Crippen LogP contribution in [0.15, 0.2) is 0 Å². The van der Waals surface area contributed by atoms with Crippen LogP contribution >= 0.6 is 0 Å². The van der Waals surface area contributed by atoms with E-state index in [0.29, 0.717) is 12.5 Å². The lowest BCUT2D eigenvalue weighted by Gasteiger charge is -2.24. The number of aldehydes is 1. The maximum atomic E-state index is 10.9. The molecule has 0 spiro atoms. The van der Waals surface area contributed by atoms with Crippen molar-refractivity contribution < 1.29 is 14.4 Å². The van der Waals surface area contributed by atoms with Gasteiger partial charge in [0.2, 0.25) is 0 Å². The number of nitrogens with one attached hydrogen (secondary N) is 1. The van der Waals surface area contributed by atoms with Crippen LogP contribution < -0.4 is 5.32 Å². The van der Waals surface area contributed by atoms with Crippen LogP contribution in [0.25, 0.3) is 0 Å². The second-order valence-corrected chi connectivity index (χ2v) is 4.89. The molecule has 1 N–H and O–H groups in total. The molecule has 0 radical (unpaired) electrons. The van der Waals surface area contributed by atoms with Gasteiger partial charge in [-0.3, -0.25) is 4.79 Å². The van der Waals surface area contributed by atoms with Crippen molar-refractivity contribution >= 4 is 17.9 Å². The molecule has 0 bridgehead atoms. The molecule has 0 rings (SSSR count). The molecule has 2 atom stereocenters. The van der Waals surface area contributed by atoms with Gasteiger partial charge in [-0.2, -0.15) is 0 Å². The number of carbonyl (C=O) groups is 3. The van der Waals surface area contributed by atoms with E-state index in [9.17, 15) is 9.59 Å². The highest BCUT2D eigenvalue weighted by Gasteiger charge is 2.17. The van der Waals surface area contributed by atoms with Crippen LogP contribution in [0.4, 0.5) is 0 Å². The maximum absolute atomic E-state index is 10.9. The van der Waals surface area contributed by atoms with E-state index in [2.05, 4.69) is 17.1 Å². The Morgan fingerprint density at radius 1 is 1.14 bits per heavy atom. The van der Waals surface area contributed by atoms with Crippen LogP contribution in [0.5, 0.6) is 0 Å². The topological polar surface area (TPSA) is 66.5 Å². The summed E-state index contributed by atoms with van der Waals surface area (Å²) in [7, 11) is 7.73. The first-order valence-corrected chi connectivity index (χ1v) is 7.21. The number of hydrogen-bond acceptors (Lipinski definition) is 5. The summed E-state index contributed by atoms with van der Waals surface area (Å²) in [5.41, 5.74) is 0. The largest absolute Gasteiger partial charge is 0.323 e. The summed E-state index contributed by atoms with van der Waals surface area (Å²) in [4.78, 5) is 31.5. The van der Waals surface area contributed by atoms with Gasteiger partial charge >= 0.3 is 0 Å². The van der Waals surface area contributed by atoms with Crippen molar-refractivity contribution in [1.29, 1.82) is 0 Å². The highest BCUT2D eigenvalue weighted by molar-refractivity contribution is 5.78. The second-order valence-electron chi connectivity index (χ2n) is 4.89. The van der Waals surface area contributed by atoms with Crippen molar-refractivity contribution in [3.8, 4) is 0 Å². The zero-order chi connectivity index (χ0) is 18.0. The highest BCUT2D eigenvalue weighted by atomic mass is 16.1. The first-order chi connectivity index (χ1) is 9.56. The molecule has 0 aromatic heterocycles. The van der Waals surface area contributed by atoms with Gasteiger partial charge in [0.1, 0.15) is 17.9 Å². The van der Waals surface area contributed by atoms with Gasteiger partial charge < -0.3 is 19.8 Å². The molecule has 2 unspecified atom stereocenters. The molecule has 0 fully saturated rings. The zero-order valence-corrected chi connectivity index (χ0v) is 15.6. The molecule has 0 heterocycles. The summed E-state index contributed by atoms with van der Waals surface area (Å²) in [5.74, 6) is 0.668. The Morgan fingerprint density at radius 2 is 1.38 bits per heavy atom. The number of carbonyl (C=O) groups excluding carboxylic acids is 3. The molecule has 0 aliphatic carbocycles. The van der Waals surface area contributed by atoms with Gasteiger partial charge in [0, 0.05) is 18.4 Å². The molecule has 0 aliphatic heterocycles. The van der Waals surface area contributed by atoms with E-state index in [4.69, 9.17) is 4.79 Å². The third-order valence-corrected chi connectivity index (χ3v) is 2.68. The van der Waals surface area contributed by atoms with Crippen molar-refractivity contribution in [2.24, 2.45) is 5.92 Å². The van der Waals surface area contributed by atoms with Gasteiger partial charge in [-0.15, -0.1) is 0 Å². The van der Waals surface area contributed by atoms with Crippen molar-refractivity contribution in [3.05, 3.63) is 0 Å². The monoisotopic (exact) mass is 304 g/mol. The fourth-order valence-corrected chi connectivity index (χ4v) is 0.787. The molecule has 5 nitrogen and oxygen atoms in total. The fraction of sp³-hybridized carbons (Fsp3) is 0.812. The molecule has 0 saturated heterocycles. The standard InChI is InChI=1S/C8H17NO.C4H8O.C2H7N.C2H4O/c1-6(8(3)10)7(2)9(4)5;1-3-4(2)5;1-3-2;1-2-3/h6-7H,1-5H3;3H2,1-2H3;3H,1-2H3;2H,1H3. The molecule has 128 valence electrons. The van der Waals surface area contributed by atoms with Gasteiger partial charge in [-0.1, -0.05) is 13.8 Å². The predicted molar refractivity (Wildman–Crippen MR) is 90.7 cm³/mol. The van der Waals surface area contributed by atoms with E-state index in [-0.39, 0.29) is 17.5 Å². The molecule has 0 aromatic rings. The normalized spacial score (nSPS) is 11.4. The summed E-state index contributed by atoms with van der Waals surface area (Å²) >= 11 is 0. The maximum Gasteiger partial charge on any atom is 0.134 e. The first kappa shape index (κ1) is 28.1. The van der Waals surface area contributed by atoms with Crippen LogP contribution in [0, 0.1) is 5.92 Å². The van der Waals surface area contributed by atoms with E-state index in [0.717, 1.165) is 6.29 Å². The van der Waals surface area contributed by atoms with Crippen molar-refractivity contribution in [3.63, 3.8) is 0 Å². The Balaban J connectivity index is -0.000000110. The zero-order valence-electron chi connectivity index (χ0n) is 15.6. The first-order valence-electron chi connectivity index (χ1n) is 7.21. The molecule has 0 saturated carbocycles. The van der Waals surface area contributed by atoms with E-state index < -0.39 is 0 Å². The van der Waals surface area contributed by atoms with E-state index in [1.807, 2.05) is 42.0 Å². The number of Topliss-reactive ketones (excluding diaryl/α,β-unsaturated/α-hetero) is 2. The fourth-order valence-electron chi connectivity index (χ4n) is 0.787. The Bertz CT molecular complexity index is 254. The lowest BCUT2D eigenvalue weighted by molar-refractivity contribution is -0.121. The molecule has 5 heteroatoms. The SMILES string of the molecule is CC(=O)C(C)C(C)N(C)C.CC=O.CCC(C)=O.CNC. The summed E-state index contributed by atoms with van der Waals surface area (Å²) in [6.45, 7) is 10.5. The van der Waals surface area contributed by atoms with Gasteiger partial charge in [-0.25, -0.2) is 0 Å². The predicted octanol–water partition coefficient (Wildman–Crippen LogP) is 2.19. The number of hydrogen-bond donors (Lipinski definition) is 1. The minimum absolute atomic E-state index is 0.148. The van der Waals surface area contributed by atoms with Crippen LogP contribution in [-0.2, 0) is 14.4 Å². The molecule has 0 aliphatic rings. The third kappa shape index (κ3) is 32.5. The number of rotatable bonds is 4. The summed E-state index contributed by atoms with van der Waals surface area (Å²) < 4.78 is 0. The van der Waals surface area contributed by atoms with Gasteiger partial charge in [0.05, 0.1) is 0 Å². The Hall–Kier alpha value is -1.07. The van der Waals surface area contributed by atoms with Crippen LogP contribution in [0.3, 0.4) is 0 Å². The Morgan fingerprint density at radius 3 is 1.43 bits per heavy atom. The Labute approximate surface area is 131 Å². The van der Waals surface area contributed by atoms with Crippen LogP contribution in [0.2, 0.25) is 0 Å². The van der Waals surface area contributed by atoms with Gasteiger partial charge in [0.25, 0.3) is 0 Å². The number of ketones is 2. The molecule has 0 amide bonds. The summed E-state index contributed by atoms with van der Waals surface area (Å²) in [6, 6.07) is 0.345.